The fraction of sp³-hybridized carbons (Fsp3) is 0.406. The van der Waals surface area contributed by atoms with E-state index in [1.807, 2.05) is 25.1 Å². The van der Waals surface area contributed by atoms with Gasteiger partial charge in [-0.25, -0.2) is 9.78 Å². The lowest BCUT2D eigenvalue weighted by atomic mass is 9.81. The molecule has 2 aromatic heterocycles. The van der Waals surface area contributed by atoms with Crippen LogP contribution in [0, 0.1) is 0 Å². The van der Waals surface area contributed by atoms with Gasteiger partial charge in [0.1, 0.15) is 17.0 Å². The molecule has 0 bridgehead atoms. The van der Waals surface area contributed by atoms with Crippen LogP contribution in [0.3, 0.4) is 0 Å². The van der Waals surface area contributed by atoms with Crippen LogP contribution in [0.25, 0.3) is 11.0 Å². The van der Waals surface area contributed by atoms with Gasteiger partial charge in [0.05, 0.1) is 46.0 Å². The summed E-state index contributed by atoms with van der Waals surface area (Å²) in [6.45, 7) is 5.53. The highest BCUT2D eigenvalue weighted by atomic mass is 35.5. The van der Waals surface area contributed by atoms with Crippen LogP contribution in [-0.2, 0) is 23.6 Å². The lowest BCUT2D eigenvalue weighted by Crippen LogP contribution is -2.64. The Morgan fingerprint density at radius 2 is 1.93 bits per heavy atom. The van der Waals surface area contributed by atoms with E-state index in [4.69, 9.17) is 42.4 Å². The maximum atomic E-state index is 11.8. The Bertz CT molecular complexity index is 1780. The van der Waals surface area contributed by atoms with Crippen molar-refractivity contribution in [3.63, 3.8) is 0 Å². The minimum atomic E-state index is -1.05. The molecule has 0 unspecified atom stereocenters. The molecule has 1 N–H and O–H groups in total. The predicted octanol–water partition coefficient (Wildman–Crippen LogP) is 5.72. The third kappa shape index (κ3) is 4.58. The molecule has 0 amide bonds. The molecule has 4 aliphatic rings. The van der Waals surface area contributed by atoms with Gasteiger partial charge in [-0.2, -0.15) is 0 Å². The summed E-state index contributed by atoms with van der Waals surface area (Å²) in [4.78, 5) is 26.2. The lowest BCUT2D eigenvalue weighted by molar-refractivity contribution is -0.0717. The number of fused-ring (bicyclic) bond motifs is 3. The topological polar surface area (TPSA) is 102 Å². The highest BCUT2D eigenvalue weighted by Crippen LogP contribution is 2.51. The number of benzene rings is 2. The summed E-state index contributed by atoms with van der Waals surface area (Å²) in [6.07, 6.45) is 4.80. The number of carboxylic acid groups (broad SMARTS) is 1. The average molecular weight is 637 g/mol. The minimum Gasteiger partial charge on any atom is -0.478 e. The Labute approximate surface area is 264 Å². The molecule has 1 aliphatic carbocycles. The standard InChI is InChI=1S/C32H31Cl2N5O5/c1-32(27-8-5-19(33)15-35-27)43-26-4-2-3-24(30(26)44-32)38-11-10-37(22-6-7-23(22)38)17-28-36-29-21(34)13-18(31(40)41)14-25(29)39(28)16-20-9-12-42-20/h2-5,8,13-15,20,22-23H,6-7,9-12,16-17H2,1H3,(H,40,41)/t20-,22+,23+,32+/m0/s1. The van der Waals surface area contributed by atoms with Crippen LogP contribution in [0.4, 0.5) is 5.69 Å². The van der Waals surface area contributed by atoms with Gasteiger partial charge in [-0.1, -0.05) is 29.3 Å². The number of aromatic carboxylic acids is 1. The van der Waals surface area contributed by atoms with E-state index in [2.05, 4.69) is 25.4 Å². The van der Waals surface area contributed by atoms with E-state index in [0.29, 0.717) is 52.2 Å². The number of aromatic nitrogens is 3. The molecular weight excluding hydrogens is 605 g/mol. The van der Waals surface area contributed by atoms with E-state index >= 15 is 0 Å². The molecule has 2 aromatic carbocycles. The molecule has 0 radical (unpaired) electrons. The monoisotopic (exact) mass is 635 g/mol. The quantitative estimate of drug-likeness (QED) is 0.273. The fourth-order valence-corrected chi connectivity index (χ4v) is 7.26. The van der Waals surface area contributed by atoms with Gasteiger partial charge in [0.15, 0.2) is 11.5 Å². The molecule has 5 heterocycles. The van der Waals surface area contributed by atoms with Gasteiger partial charge in [-0.05, 0) is 55.7 Å². The number of nitrogens with zero attached hydrogens (tertiary/aromatic N) is 5. The first-order chi connectivity index (χ1) is 21.3. The Balaban J connectivity index is 1.06. The number of imidazole rings is 1. The van der Waals surface area contributed by atoms with E-state index in [1.165, 1.54) is 6.07 Å². The normalized spacial score (nSPS) is 25.9. The zero-order valence-electron chi connectivity index (χ0n) is 24.1. The third-order valence-electron chi connectivity index (χ3n) is 9.42. The number of piperazine rings is 1. The molecule has 2 saturated heterocycles. The van der Waals surface area contributed by atoms with Crippen LogP contribution in [0.15, 0.2) is 48.7 Å². The Morgan fingerprint density at radius 3 is 2.64 bits per heavy atom. The van der Waals surface area contributed by atoms with Crippen molar-refractivity contribution in [1.29, 1.82) is 0 Å². The second-order valence-corrected chi connectivity index (χ2v) is 12.9. The number of pyridine rings is 1. The Hall–Kier alpha value is -3.57. The molecule has 4 atom stereocenters. The molecule has 3 aliphatic heterocycles. The number of carbonyl (C=O) groups is 1. The van der Waals surface area contributed by atoms with Crippen molar-refractivity contribution in [2.45, 2.75) is 63.3 Å². The van der Waals surface area contributed by atoms with Gasteiger partial charge in [0.25, 0.3) is 5.79 Å². The summed E-state index contributed by atoms with van der Waals surface area (Å²) >= 11 is 12.6. The molecule has 1 saturated carbocycles. The summed E-state index contributed by atoms with van der Waals surface area (Å²) in [7, 11) is 0. The number of halogens is 2. The second kappa shape index (κ2) is 10.5. The summed E-state index contributed by atoms with van der Waals surface area (Å²) in [5, 5.41) is 10.6. The van der Waals surface area contributed by atoms with E-state index in [9.17, 15) is 9.90 Å². The zero-order valence-corrected chi connectivity index (χ0v) is 25.6. The molecule has 228 valence electrons. The second-order valence-electron chi connectivity index (χ2n) is 12.0. The number of anilines is 1. The van der Waals surface area contributed by atoms with Crippen LogP contribution in [0.1, 0.15) is 48.1 Å². The molecular formula is C32H31Cl2N5O5. The number of carboxylic acids is 1. The van der Waals surface area contributed by atoms with Crippen molar-refractivity contribution >= 4 is 45.9 Å². The minimum absolute atomic E-state index is 0.0860. The Morgan fingerprint density at radius 1 is 1.09 bits per heavy atom. The van der Waals surface area contributed by atoms with Crippen LogP contribution < -0.4 is 14.4 Å². The van der Waals surface area contributed by atoms with Gasteiger partial charge >= 0.3 is 5.97 Å². The predicted molar refractivity (Wildman–Crippen MR) is 165 cm³/mol. The SMILES string of the molecule is C[C@@]1(c2ccc(Cl)cn2)Oc2cccc(N3CCN(Cc4nc5c(Cl)cc(C(=O)O)cc5n4C[C@@H]4CCO4)[C@@H]4CC[C@H]43)c2O1. The van der Waals surface area contributed by atoms with Crippen molar-refractivity contribution in [3.8, 4) is 11.5 Å². The third-order valence-corrected chi connectivity index (χ3v) is 9.93. The van der Waals surface area contributed by atoms with Gasteiger partial charge in [-0.3, -0.25) is 9.88 Å². The van der Waals surface area contributed by atoms with E-state index < -0.39 is 11.8 Å². The number of hydrogen-bond acceptors (Lipinski definition) is 8. The maximum absolute atomic E-state index is 11.8. The zero-order chi connectivity index (χ0) is 30.2. The first-order valence-corrected chi connectivity index (χ1v) is 15.7. The van der Waals surface area contributed by atoms with Gasteiger partial charge in [-0.15, -0.1) is 0 Å². The van der Waals surface area contributed by atoms with Crippen molar-refractivity contribution in [1.82, 2.24) is 19.4 Å². The van der Waals surface area contributed by atoms with Crippen LogP contribution in [0.2, 0.25) is 10.0 Å². The largest absolute Gasteiger partial charge is 0.478 e. The molecule has 3 fully saturated rings. The molecule has 10 nitrogen and oxygen atoms in total. The van der Waals surface area contributed by atoms with Crippen molar-refractivity contribution in [3.05, 3.63) is 75.8 Å². The molecule has 0 spiro atoms. The van der Waals surface area contributed by atoms with E-state index in [-0.39, 0.29) is 11.7 Å². The Kier molecular flexibility index (Phi) is 6.68. The summed E-state index contributed by atoms with van der Waals surface area (Å²) < 4.78 is 20.7. The smallest absolute Gasteiger partial charge is 0.335 e. The lowest BCUT2D eigenvalue weighted by Gasteiger charge is -2.54. The number of hydrogen-bond donors (Lipinski definition) is 1. The summed E-state index contributed by atoms with van der Waals surface area (Å²) in [5.74, 6) is 0.252. The van der Waals surface area contributed by atoms with Crippen molar-refractivity contribution in [2.24, 2.45) is 0 Å². The van der Waals surface area contributed by atoms with Crippen molar-refractivity contribution in [2.75, 3.05) is 24.6 Å². The first kappa shape index (κ1) is 27.9. The highest BCUT2D eigenvalue weighted by molar-refractivity contribution is 6.35. The summed E-state index contributed by atoms with van der Waals surface area (Å²) in [5.41, 5.74) is 3.20. The average Bonchev–Trinajstić information content (AvgIpc) is 3.49. The van der Waals surface area contributed by atoms with Gasteiger partial charge in [0.2, 0.25) is 0 Å². The van der Waals surface area contributed by atoms with Crippen LogP contribution in [0.5, 0.6) is 11.5 Å². The highest BCUT2D eigenvalue weighted by Gasteiger charge is 2.47. The van der Waals surface area contributed by atoms with Crippen molar-refractivity contribution < 1.29 is 24.1 Å². The number of ether oxygens (including phenoxy) is 3. The molecule has 44 heavy (non-hydrogen) atoms. The van der Waals surface area contributed by atoms with E-state index in [0.717, 1.165) is 61.7 Å². The fourth-order valence-electron chi connectivity index (χ4n) is 6.90. The van der Waals surface area contributed by atoms with Gasteiger partial charge < -0.3 is 28.8 Å². The number of para-hydroxylation sites is 1. The molecule has 4 aromatic rings. The summed E-state index contributed by atoms with van der Waals surface area (Å²) in [6, 6.07) is 13.5. The molecule has 8 rings (SSSR count). The molecule has 12 heteroatoms. The maximum Gasteiger partial charge on any atom is 0.335 e. The van der Waals surface area contributed by atoms with Crippen LogP contribution >= 0.6 is 23.2 Å². The van der Waals surface area contributed by atoms with Crippen LogP contribution in [-0.4, -0.2) is 68.4 Å². The number of rotatable bonds is 7. The first-order valence-electron chi connectivity index (χ1n) is 14.9. The van der Waals surface area contributed by atoms with E-state index in [1.54, 1.807) is 18.3 Å². The van der Waals surface area contributed by atoms with Gasteiger partial charge in [0, 0.05) is 44.9 Å².